The Bertz CT molecular complexity index is 391. The van der Waals surface area contributed by atoms with E-state index in [9.17, 15) is 0 Å². The molecule has 0 aliphatic heterocycles. The maximum atomic E-state index is 5.56. The molecule has 2 N–H and O–H groups in total. The lowest BCUT2D eigenvalue weighted by molar-refractivity contribution is 0.631. The summed E-state index contributed by atoms with van der Waals surface area (Å²) in [6, 6.07) is 0. The number of aromatic nitrogens is 4. The second-order valence-electron chi connectivity index (χ2n) is 2.64. The molecule has 5 nitrogen and oxygen atoms in total. The minimum atomic E-state index is 0.483. The molecule has 68 valence electrons. The highest BCUT2D eigenvalue weighted by atomic mass is 32.1. The lowest BCUT2D eigenvalue weighted by Gasteiger charge is -1.98. The van der Waals surface area contributed by atoms with Crippen LogP contribution in [0.1, 0.15) is 10.7 Å². The zero-order valence-corrected chi connectivity index (χ0v) is 7.95. The molecule has 0 fully saturated rings. The second-order valence-corrected chi connectivity index (χ2v) is 3.62. The summed E-state index contributed by atoms with van der Waals surface area (Å²) in [4.78, 5) is 4.15. The van der Waals surface area contributed by atoms with E-state index in [1.165, 1.54) is 0 Å². The molecule has 0 aromatic carbocycles. The van der Waals surface area contributed by atoms with Crippen molar-refractivity contribution in [2.45, 2.75) is 13.5 Å². The summed E-state index contributed by atoms with van der Waals surface area (Å²) < 4.78 is 1.74. The predicted molar refractivity (Wildman–Crippen MR) is 50.4 cm³/mol. The molecule has 0 saturated heterocycles. The molecule has 2 heterocycles. The Labute approximate surface area is 79.2 Å². The molecule has 0 atom stereocenters. The molecule has 0 bridgehead atoms. The summed E-state index contributed by atoms with van der Waals surface area (Å²) in [5.41, 5.74) is 6.44. The number of nitrogens with two attached hydrogens (primary N) is 1. The van der Waals surface area contributed by atoms with E-state index in [-0.39, 0.29) is 0 Å². The summed E-state index contributed by atoms with van der Waals surface area (Å²) >= 11 is 1.60. The SMILES string of the molecule is Cc1c(N)nnn1Cc1nccs1. The quantitative estimate of drug-likeness (QED) is 0.764. The molecule has 0 amide bonds. The summed E-state index contributed by atoms with van der Waals surface area (Å²) in [6.07, 6.45) is 1.77. The largest absolute Gasteiger partial charge is 0.381 e. The molecule has 2 aromatic rings. The van der Waals surface area contributed by atoms with Crippen molar-refractivity contribution >= 4 is 17.2 Å². The Kier molecular flexibility index (Phi) is 1.97. The smallest absolute Gasteiger partial charge is 0.168 e. The summed E-state index contributed by atoms with van der Waals surface area (Å²) in [7, 11) is 0. The molecule has 0 saturated carbocycles. The Morgan fingerprint density at radius 2 is 2.46 bits per heavy atom. The normalized spacial score (nSPS) is 10.5. The average molecular weight is 195 g/mol. The van der Waals surface area contributed by atoms with Gasteiger partial charge in [0.25, 0.3) is 0 Å². The van der Waals surface area contributed by atoms with Gasteiger partial charge in [-0.15, -0.1) is 16.4 Å². The van der Waals surface area contributed by atoms with E-state index in [0.29, 0.717) is 12.4 Å². The highest BCUT2D eigenvalue weighted by molar-refractivity contribution is 7.09. The van der Waals surface area contributed by atoms with Crippen molar-refractivity contribution in [2.75, 3.05) is 5.73 Å². The van der Waals surface area contributed by atoms with Gasteiger partial charge in [0, 0.05) is 11.6 Å². The van der Waals surface area contributed by atoms with Gasteiger partial charge in [-0.05, 0) is 6.92 Å². The topological polar surface area (TPSA) is 69.6 Å². The number of anilines is 1. The first-order chi connectivity index (χ1) is 6.27. The molecule has 0 aliphatic carbocycles. The molecular weight excluding hydrogens is 186 g/mol. The van der Waals surface area contributed by atoms with Crippen molar-refractivity contribution in [3.05, 3.63) is 22.3 Å². The fourth-order valence-corrected chi connectivity index (χ4v) is 1.58. The molecule has 0 spiro atoms. The van der Waals surface area contributed by atoms with Crippen LogP contribution in [0.2, 0.25) is 0 Å². The van der Waals surface area contributed by atoms with Crippen LogP contribution in [0.15, 0.2) is 11.6 Å². The Morgan fingerprint density at radius 3 is 3.00 bits per heavy atom. The average Bonchev–Trinajstić information content (AvgIpc) is 2.71. The first kappa shape index (κ1) is 8.18. The standard InChI is InChI=1S/C7H9N5S/c1-5-7(8)10-11-12(5)4-6-9-2-3-13-6/h2-3H,4,8H2,1H3. The monoisotopic (exact) mass is 195 g/mol. The van der Waals surface area contributed by atoms with Gasteiger partial charge >= 0.3 is 0 Å². The van der Waals surface area contributed by atoms with Crippen LogP contribution >= 0.6 is 11.3 Å². The van der Waals surface area contributed by atoms with Gasteiger partial charge in [-0.3, -0.25) is 0 Å². The minimum Gasteiger partial charge on any atom is -0.381 e. The maximum Gasteiger partial charge on any atom is 0.168 e. The van der Waals surface area contributed by atoms with Crippen molar-refractivity contribution in [2.24, 2.45) is 0 Å². The van der Waals surface area contributed by atoms with E-state index < -0.39 is 0 Å². The maximum absolute atomic E-state index is 5.56. The van der Waals surface area contributed by atoms with Gasteiger partial charge in [-0.2, -0.15) is 0 Å². The predicted octanol–water partition coefficient (Wildman–Crippen LogP) is 0.674. The van der Waals surface area contributed by atoms with Crippen molar-refractivity contribution in [3.8, 4) is 0 Å². The first-order valence-electron chi connectivity index (χ1n) is 3.81. The molecule has 2 aromatic heterocycles. The van der Waals surface area contributed by atoms with E-state index in [4.69, 9.17) is 5.73 Å². The summed E-state index contributed by atoms with van der Waals surface area (Å²) in [5, 5.41) is 10.6. The highest BCUT2D eigenvalue weighted by Gasteiger charge is 2.05. The fraction of sp³-hybridized carbons (Fsp3) is 0.286. The zero-order valence-electron chi connectivity index (χ0n) is 7.14. The van der Waals surface area contributed by atoms with Gasteiger partial charge in [0.05, 0.1) is 12.2 Å². The van der Waals surface area contributed by atoms with Gasteiger partial charge in [-0.25, -0.2) is 9.67 Å². The molecule has 2 rings (SSSR count). The van der Waals surface area contributed by atoms with Gasteiger partial charge in [0.15, 0.2) is 5.82 Å². The lowest BCUT2D eigenvalue weighted by Crippen LogP contribution is -2.03. The number of rotatable bonds is 2. The molecular formula is C7H9N5S. The third kappa shape index (κ3) is 1.52. The molecule has 13 heavy (non-hydrogen) atoms. The number of nitrogen functional groups attached to an aromatic ring is 1. The van der Waals surface area contributed by atoms with Crippen molar-refractivity contribution in [1.29, 1.82) is 0 Å². The summed E-state index contributed by atoms with van der Waals surface area (Å²) in [6.45, 7) is 2.54. The van der Waals surface area contributed by atoms with Crippen LogP contribution in [0.5, 0.6) is 0 Å². The van der Waals surface area contributed by atoms with Crippen LogP contribution in [-0.2, 0) is 6.54 Å². The van der Waals surface area contributed by atoms with Crippen LogP contribution < -0.4 is 5.73 Å². The third-order valence-electron chi connectivity index (χ3n) is 1.79. The van der Waals surface area contributed by atoms with Crippen LogP contribution in [0, 0.1) is 6.92 Å². The Balaban J connectivity index is 2.24. The van der Waals surface area contributed by atoms with Crippen LogP contribution in [0.4, 0.5) is 5.82 Å². The van der Waals surface area contributed by atoms with E-state index in [1.807, 2.05) is 12.3 Å². The van der Waals surface area contributed by atoms with Crippen molar-refractivity contribution in [1.82, 2.24) is 20.0 Å². The number of thiazole rings is 1. The lowest BCUT2D eigenvalue weighted by atomic mass is 10.5. The highest BCUT2D eigenvalue weighted by Crippen LogP contribution is 2.10. The van der Waals surface area contributed by atoms with Gasteiger partial charge in [-0.1, -0.05) is 5.21 Å². The Morgan fingerprint density at radius 1 is 1.62 bits per heavy atom. The van der Waals surface area contributed by atoms with E-state index in [1.54, 1.807) is 22.2 Å². The zero-order chi connectivity index (χ0) is 9.26. The second kappa shape index (κ2) is 3.14. The van der Waals surface area contributed by atoms with Gasteiger partial charge in [0.1, 0.15) is 5.01 Å². The molecule has 0 aliphatic rings. The van der Waals surface area contributed by atoms with E-state index in [2.05, 4.69) is 15.3 Å². The van der Waals surface area contributed by atoms with Gasteiger partial charge in [0.2, 0.25) is 0 Å². The Hall–Kier alpha value is -1.43. The number of hydrogen-bond acceptors (Lipinski definition) is 5. The van der Waals surface area contributed by atoms with Crippen LogP contribution in [0.25, 0.3) is 0 Å². The number of hydrogen-bond donors (Lipinski definition) is 1. The van der Waals surface area contributed by atoms with E-state index >= 15 is 0 Å². The van der Waals surface area contributed by atoms with Crippen LogP contribution in [-0.4, -0.2) is 20.0 Å². The minimum absolute atomic E-state index is 0.483. The van der Waals surface area contributed by atoms with E-state index in [0.717, 1.165) is 10.7 Å². The van der Waals surface area contributed by atoms with Crippen molar-refractivity contribution < 1.29 is 0 Å². The first-order valence-corrected chi connectivity index (χ1v) is 4.69. The molecule has 6 heteroatoms. The number of nitrogens with zero attached hydrogens (tertiary/aromatic N) is 4. The van der Waals surface area contributed by atoms with Crippen LogP contribution in [0.3, 0.4) is 0 Å². The fourth-order valence-electron chi connectivity index (χ4n) is 0.983. The molecule has 0 radical (unpaired) electrons. The summed E-state index contributed by atoms with van der Waals surface area (Å²) in [5.74, 6) is 0.483. The van der Waals surface area contributed by atoms with Crippen molar-refractivity contribution in [3.63, 3.8) is 0 Å². The van der Waals surface area contributed by atoms with Gasteiger partial charge < -0.3 is 5.73 Å². The molecule has 0 unspecified atom stereocenters. The third-order valence-corrected chi connectivity index (χ3v) is 2.55.